The highest BCUT2D eigenvalue weighted by Gasteiger charge is 2.38. The number of rotatable bonds is 3. The van der Waals surface area contributed by atoms with Gasteiger partial charge in [0.25, 0.3) is 5.91 Å². The molecule has 1 unspecified atom stereocenters. The zero-order chi connectivity index (χ0) is 15.1. The van der Waals surface area contributed by atoms with E-state index in [1.165, 1.54) is 12.1 Å². The molecule has 0 saturated heterocycles. The molecule has 0 aromatic heterocycles. The number of halogens is 4. The summed E-state index contributed by atoms with van der Waals surface area (Å²) >= 11 is 0. The van der Waals surface area contributed by atoms with E-state index in [0.717, 1.165) is 0 Å². The van der Waals surface area contributed by atoms with Gasteiger partial charge in [-0.3, -0.25) is 4.79 Å². The second-order valence-electron chi connectivity index (χ2n) is 2.95. The highest BCUT2D eigenvalue weighted by atomic mass is 19.4. The maximum Gasteiger partial charge on any atom is 0.490 e. The van der Waals surface area contributed by atoms with Gasteiger partial charge < -0.3 is 15.6 Å². The molecule has 0 bridgehead atoms. The third kappa shape index (κ3) is 7.58. The van der Waals surface area contributed by atoms with Crippen molar-refractivity contribution in [1.82, 2.24) is 0 Å². The molecule has 9 heteroatoms. The molecule has 0 aliphatic rings. The zero-order valence-corrected chi connectivity index (χ0v) is 9.23. The minimum absolute atomic E-state index is 0.281. The van der Waals surface area contributed by atoms with Crippen LogP contribution in [0.25, 0.3) is 0 Å². The molecule has 19 heavy (non-hydrogen) atoms. The highest BCUT2D eigenvalue weighted by molar-refractivity contribution is 5.77. The largest absolute Gasteiger partial charge is 0.490 e. The number of alkyl halides is 4. The summed E-state index contributed by atoms with van der Waals surface area (Å²) in [6.07, 6.45) is -7.16. The Balaban J connectivity index is 0.000000399. The first-order chi connectivity index (χ1) is 8.64. The van der Waals surface area contributed by atoms with E-state index < -0.39 is 24.4 Å². The zero-order valence-electron chi connectivity index (χ0n) is 9.23. The Morgan fingerprint density at radius 2 is 1.63 bits per heavy atom. The summed E-state index contributed by atoms with van der Waals surface area (Å²) in [6.45, 7) is 0. The highest BCUT2D eigenvalue weighted by Crippen LogP contribution is 2.13. The van der Waals surface area contributed by atoms with E-state index in [1.54, 1.807) is 18.2 Å². The average Bonchev–Trinajstić information content (AvgIpc) is 2.29. The van der Waals surface area contributed by atoms with Crippen molar-refractivity contribution < 1.29 is 37.0 Å². The molecule has 106 valence electrons. The van der Waals surface area contributed by atoms with Crippen molar-refractivity contribution in [2.75, 3.05) is 0 Å². The lowest BCUT2D eigenvalue weighted by atomic mass is 10.3. The van der Waals surface area contributed by atoms with Gasteiger partial charge in [-0.1, -0.05) is 18.2 Å². The second-order valence-corrected chi connectivity index (χ2v) is 2.95. The van der Waals surface area contributed by atoms with Crippen molar-refractivity contribution in [3.63, 3.8) is 0 Å². The van der Waals surface area contributed by atoms with Gasteiger partial charge >= 0.3 is 18.5 Å². The third-order valence-corrected chi connectivity index (χ3v) is 1.45. The Kier molecular flexibility index (Phi) is 6.31. The van der Waals surface area contributed by atoms with Crippen LogP contribution >= 0.6 is 0 Å². The summed E-state index contributed by atoms with van der Waals surface area (Å²) in [4.78, 5) is 19.1. The van der Waals surface area contributed by atoms with E-state index >= 15 is 0 Å². The monoisotopic (exact) mass is 283 g/mol. The van der Waals surface area contributed by atoms with Gasteiger partial charge in [-0.2, -0.15) is 17.6 Å². The Morgan fingerprint density at radius 1 is 1.21 bits per heavy atom. The molecule has 0 heterocycles. The third-order valence-electron chi connectivity index (χ3n) is 1.45. The number of nitrogens with two attached hydrogens (primary N) is 1. The summed E-state index contributed by atoms with van der Waals surface area (Å²) < 4.78 is 48.8. The van der Waals surface area contributed by atoms with E-state index in [4.69, 9.17) is 9.90 Å². The van der Waals surface area contributed by atoms with Crippen LogP contribution < -0.4 is 10.5 Å². The van der Waals surface area contributed by atoms with Crippen LogP contribution in [0.2, 0.25) is 0 Å². The first kappa shape index (κ1) is 16.7. The van der Waals surface area contributed by atoms with Crippen molar-refractivity contribution in [1.29, 1.82) is 0 Å². The molecule has 3 N–H and O–H groups in total. The van der Waals surface area contributed by atoms with E-state index in [2.05, 4.69) is 10.5 Å². The molecule has 0 fully saturated rings. The SMILES string of the molecule is NC(=O)C(F)Oc1ccccc1.O=C(O)C(F)(F)F. The average molecular weight is 283 g/mol. The van der Waals surface area contributed by atoms with E-state index in [1.807, 2.05) is 0 Å². The molecule has 0 aliphatic carbocycles. The van der Waals surface area contributed by atoms with Gasteiger partial charge in [0.2, 0.25) is 0 Å². The molecule has 0 aliphatic heterocycles. The number of carbonyl (C=O) groups is 2. The molecule has 5 nitrogen and oxygen atoms in total. The fourth-order valence-corrected chi connectivity index (χ4v) is 0.677. The summed E-state index contributed by atoms with van der Waals surface area (Å²) in [5, 5.41) is 7.12. The molecule has 1 rings (SSSR count). The van der Waals surface area contributed by atoms with Crippen molar-refractivity contribution in [2.24, 2.45) is 5.73 Å². The molecule has 0 radical (unpaired) electrons. The summed E-state index contributed by atoms with van der Waals surface area (Å²) in [5.41, 5.74) is 4.64. The number of hydrogen-bond acceptors (Lipinski definition) is 3. The van der Waals surface area contributed by atoms with Crippen LogP contribution in [0.4, 0.5) is 17.6 Å². The number of para-hydroxylation sites is 1. The van der Waals surface area contributed by atoms with Crippen LogP contribution in [-0.4, -0.2) is 29.5 Å². The van der Waals surface area contributed by atoms with Gasteiger partial charge in [-0.25, -0.2) is 4.79 Å². The van der Waals surface area contributed by atoms with Crippen LogP contribution in [-0.2, 0) is 9.59 Å². The van der Waals surface area contributed by atoms with Crippen LogP contribution in [0.1, 0.15) is 0 Å². The predicted octanol–water partition coefficient (Wildman–Crippen LogP) is 1.48. The Bertz CT molecular complexity index is 421. The van der Waals surface area contributed by atoms with E-state index in [9.17, 15) is 22.4 Å². The van der Waals surface area contributed by atoms with Crippen molar-refractivity contribution in [3.8, 4) is 5.75 Å². The quantitative estimate of drug-likeness (QED) is 0.822. The van der Waals surface area contributed by atoms with Crippen LogP contribution in [0.15, 0.2) is 30.3 Å². The van der Waals surface area contributed by atoms with Gasteiger partial charge in [0.05, 0.1) is 0 Å². The number of hydrogen-bond donors (Lipinski definition) is 2. The number of carboxylic acids is 1. The number of carbonyl (C=O) groups excluding carboxylic acids is 1. The topological polar surface area (TPSA) is 89.6 Å². The fourth-order valence-electron chi connectivity index (χ4n) is 0.677. The minimum Gasteiger partial charge on any atom is -0.475 e. The lowest BCUT2D eigenvalue weighted by Gasteiger charge is -2.06. The Hall–Kier alpha value is -2.32. The molecular formula is C10H9F4NO4. The van der Waals surface area contributed by atoms with Crippen molar-refractivity contribution in [2.45, 2.75) is 12.5 Å². The number of ether oxygens (including phenoxy) is 1. The molecule has 0 saturated carbocycles. The molecular weight excluding hydrogens is 274 g/mol. The van der Waals surface area contributed by atoms with Crippen LogP contribution in [0.5, 0.6) is 5.75 Å². The van der Waals surface area contributed by atoms with E-state index in [0.29, 0.717) is 0 Å². The lowest BCUT2D eigenvalue weighted by molar-refractivity contribution is -0.192. The van der Waals surface area contributed by atoms with Gasteiger partial charge in [0, 0.05) is 0 Å². The predicted molar refractivity (Wildman–Crippen MR) is 54.9 cm³/mol. The standard InChI is InChI=1S/C8H8FNO2.C2HF3O2/c9-7(8(10)11)12-6-4-2-1-3-5-6;3-2(4,5)1(6)7/h1-5,7H,(H2,10,11);(H,6,7). The lowest BCUT2D eigenvalue weighted by Crippen LogP contribution is -2.29. The smallest absolute Gasteiger partial charge is 0.475 e. The summed E-state index contributed by atoms with van der Waals surface area (Å²) in [5.74, 6) is -3.60. The molecule has 0 spiro atoms. The molecule has 1 aromatic rings. The fraction of sp³-hybridized carbons (Fsp3) is 0.200. The first-order valence-corrected chi connectivity index (χ1v) is 4.59. The Morgan fingerprint density at radius 3 is 1.95 bits per heavy atom. The van der Waals surface area contributed by atoms with Gasteiger partial charge in [0.1, 0.15) is 5.75 Å². The normalized spacial score (nSPS) is 11.8. The van der Waals surface area contributed by atoms with Gasteiger partial charge in [-0.15, -0.1) is 0 Å². The number of amides is 1. The van der Waals surface area contributed by atoms with Gasteiger partial charge in [-0.05, 0) is 12.1 Å². The first-order valence-electron chi connectivity index (χ1n) is 4.59. The van der Waals surface area contributed by atoms with E-state index in [-0.39, 0.29) is 5.75 Å². The summed E-state index contributed by atoms with van der Waals surface area (Å²) in [7, 11) is 0. The molecule has 1 aromatic carbocycles. The van der Waals surface area contributed by atoms with Crippen molar-refractivity contribution in [3.05, 3.63) is 30.3 Å². The maximum absolute atomic E-state index is 12.5. The number of primary amides is 1. The second kappa shape index (κ2) is 7.19. The van der Waals surface area contributed by atoms with Crippen LogP contribution in [0, 0.1) is 0 Å². The van der Waals surface area contributed by atoms with Gasteiger partial charge in [0.15, 0.2) is 0 Å². The minimum atomic E-state index is -5.08. The maximum atomic E-state index is 12.5. The number of benzene rings is 1. The molecule has 1 atom stereocenters. The van der Waals surface area contributed by atoms with Crippen LogP contribution in [0.3, 0.4) is 0 Å². The summed E-state index contributed by atoms with van der Waals surface area (Å²) in [6, 6.07) is 8.17. The molecule has 1 amide bonds. The van der Waals surface area contributed by atoms with Crippen molar-refractivity contribution >= 4 is 11.9 Å². The number of carboxylic acid groups (broad SMARTS) is 1. The Labute approximate surface area is 104 Å². The number of aliphatic carboxylic acids is 1.